The van der Waals surface area contributed by atoms with E-state index in [2.05, 4.69) is 0 Å². The van der Waals surface area contributed by atoms with Gasteiger partial charge in [0, 0.05) is 26.2 Å². The van der Waals surface area contributed by atoms with Gasteiger partial charge in [-0.3, -0.25) is 4.79 Å². The van der Waals surface area contributed by atoms with Crippen molar-refractivity contribution in [3.05, 3.63) is 66.2 Å². The second kappa shape index (κ2) is 7.60. The lowest BCUT2D eigenvalue weighted by molar-refractivity contribution is -0.137. The maximum atomic E-state index is 13.0. The first-order chi connectivity index (χ1) is 12.5. The molecule has 0 N–H and O–H groups in total. The van der Waals surface area contributed by atoms with Gasteiger partial charge in [0.25, 0.3) is 0 Å². The summed E-state index contributed by atoms with van der Waals surface area (Å²) in [6, 6.07) is 18.8. The van der Waals surface area contributed by atoms with E-state index in [0.29, 0.717) is 31.9 Å². The fourth-order valence-electron chi connectivity index (χ4n) is 3.12. The highest BCUT2D eigenvalue weighted by Gasteiger charge is 2.35. The van der Waals surface area contributed by atoms with Crippen LogP contribution in [0.2, 0.25) is 0 Å². The molecule has 1 saturated heterocycles. The fraction of sp³-hybridized carbons (Fsp3) is 0.333. The Bertz CT molecular complexity index is 751. The van der Waals surface area contributed by atoms with Crippen molar-refractivity contribution >= 4 is 12.0 Å². The van der Waals surface area contributed by atoms with Gasteiger partial charge in [0.2, 0.25) is 5.91 Å². The molecule has 5 nitrogen and oxygen atoms in total. The first-order valence-corrected chi connectivity index (χ1v) is 8.85. The Morgan fingerprint density at radius 3 is 1.88 bits per heavy atom. The Balaban J connectivity index is 1.58. The summed E-state index contributed by atoms with van der Waals surface area (Å²) in [5.74, 6) is 0.612. The van der Waals surface area contributed by atoms with Crippen LogP contribution in [0.1, 0.15) is 19.4 Å². The van der Waals surface area contributed by atoms with Gasteiger partial charge in [-0.15, -0.1) is 0 Å². The summed E-state index contributed by atoms with van der Waals surface area (Å²) in [5.41, 5.74) is 0.407. The number of rotatable bonds is 3. The quantitative estimate of drug-likeness (QED) is 0.852. The molecular weight excluding hydrogens is 328 g/mol. The molecule has 0 radical (unpaired) electrons. The number of hydrogen-bond acceptors (Lipinski definition) is 3. The molecule has 136 valence electrons. The predicted octanol–water partition coefficient (Wildman–Crippen LogP) is 3.31. The van der Waals surface area contributed by atoms with Gasteiger partial charge >= 0.3 is 6.09 Å². The zero-order valence-corrected chi connectivity index (χ0v) is 15.2. The van der Waals surface area contributed by atoms with Crippen molar-refractivity contribution in [1.29, 1.82) is 0 Å². The van der Waals surface area contributed by atoms with E-state index in [-0.39, 0.29) is 12.0 Å². The maximum absolute atomic E-state index is 13.0. The monoisotopic (exact) mass is 352 g/mol. The van der Waals surface area contributed by atoms with Gasteiger partial charge in [-0.25, -0.2) is 4.79 Å². The van der Waals surface area contributed by atoms with Crippen LogP contribution in [0.3, 0.4) is 0 Å². The van der Waals surface area contributed by atoms with E-state index in [1.807, 2.05) is 67.3 Å². The molecule has 1 aliphatic heterocycles. The molecule has 1 fully saturated rings. The third kappa shape index (κ3) is 3.87. The summed E-state index contributed by atoms with van der Waals surface area (Å²) in [6.07, 6.45) is -0.370. The molecule has 0 saturated carbocycles. The molecule has 0 atom stereocenters. The molecule has 2 amide bonds. The summed E-state index contributed by atoms with van der Waals surface area (Å²) >= 11 is 0. The highest BCUT2D eigenvalue weighted by molar-refractivity contribution is 5.87. The Morgan fingerprint density at radius 1 is 0.808 bits per heavy atom. The second-order valence-corrected chi connectivity index (χ2v) is 6.95. The number of benzene rings is 2. The first kappa shape index (κ1) is 18.0. The summed E-state index contributed by atoms with van der Waals surface area (Å²) in [5, 5.41) is 0. The molecule has 26 heavy (non-hydrogen) atoms. The lowest BCUT2D eigenvalue weighted by Crippen LogP contribution is -2.54. The molecular formula is C21H24N2O3. The minimum atomic E-state index is -0.589. The number of hydrogen-bond donors (Lipinski definition) is 0. The van der Waals surface area contributed by atoms with Crippen LogP contribution < -0.4 is 4.74 Å². The van der Waals surface area contributed by atoms with Crippen LogP contribution >= 0.6 is 0 Å². The van der Waals surface area contributed by atoms with Crippen molar-refractivity contribution in [2.45, 2.75) is 19.3 Å². The Morgan fingerprint density at radius 2 is 1.31 bits per heavy atom. The predicted molar refractivity (Wildman–Crippen MR) is 100 cm³/mol. The number of carbonyl (C=O) groups is 2. The molecule has 2 aromatic rings. The van der Waals surface area contributed by atoms with Crippen LogP contribution in [0.5, 0.6) is 5.75 Å². The van der Waals surface area contributed by atoms with Crippen LogP contribution in [0.25, 0.3) is 0 Å². The number of piperazine rings is 1. The van der Waals surface area contributed by atoms with Crippen LogP contribution in [0, 0.1) is 0 Å². The third-order valence-electron chi connectivity index (χ3n) is 4.80. The van der Waals surface area contributed by atoms with Crippen LogP contribution in [-0.4, -0.2) is 48.0 Å². The standard InChI is InChI=1S/C21H24N2O3/c1-21(2,17-9-5-3-6-10-17)19(24)22-13-15-23(16-14-22)20(25)26-18-11-7-4-8-12-18/h3-12H,13-16H2,1-2H3. The molecule has 5 heteroatoms. The van der Waals surface area contributed by atoms with E-state index >= 15 is 0 Å². The van der Waals surface area contributed by atoms with Gasteiger partial charge in [-0.1, -0.05) is 48.5 Å². The lowest BCUT2D eigenvalue weighted by Gasteiger charge is -2.38. The van der Waals surface area contributed by atoms with E-state index in [1.54, 1.807) is 17.0 Å². The van der Waals surface area contributed by atoms with Crippen molar-refractivity contribution in [2.75, 3.05) is 26.2 Å². The topological polar surface area (TPSA) is 49.9 Å². The number of ether oxygens (including phenoxy) is 1. The molecule has 2 aromatic carbocycles. The average Bonchev–Trinajstić information content (AvgIpc) is 2.69. The summed E-state index contributed by atoms with van der Waals surface area (Å²) in [7, 11) is 0. The van der Waals surface area contributed by atoms with Gasteiger partial charge in [-0.05, 0) is 31.5 Å². The SMILES string of the molecule is CC(C)(C(=O)N1CCN(C(=O)Oc2ccccc2)CC1)c1ccccc1. The lowest BCUT2D eigenvalue weighted by atomic mass is 9.83. The van der Waals surface area contributed by atoms with Gasteiger partial charge in [0.1, 0.15) is 5.75 Å². The molecule has 0 spiro atoms. The van der Waals surface area contributed by atoms with E-state index in [9.17, 15) is 9.59 Å². The summed E-state index contributed by atoms with van der Waals surface area (Å²) < 4.78 is 5.37. The highest BCUT2D eigenvalue weighted by atomic mass is 16.6. The average molecular weight is 352 g/mol. The van der Waals surface area contributed by atoms with E-state index in [0.717, 1.165) is 5.56 Å². The molecule has 3 rings (SSSR count). The highest BCUT2D eigenvalue weighted by Crippen LogP contribution is 2.26. The number of carbonyl (C=O) groups excluding carboxylic acids is 2. The van der Waals surface area contributed by atoms with Crippen molar-refractivity contribution in [1.82, 2.24) is 9.80 Å². The van der Waals surface area contributed by atoms with Crippen LogP contribution in [0.4, 0.5) is 4.79 Å². The van der Waals surface area contributed by atoms with Crippen molar-refractivity contribution in [3.8, 4) is 5.75 Å². The minimum Gasteiger partial charge on any atom is -0.410 e. The van der Waals surface area contributed by atoms with Gasteiger partial charge in [-0.2, -0.15) is 0 Å². The Labute approximate surface area is 154 Å². The van der Waals surface area contributed by atoms with Crippen LogP contribution in [0.15, 0.2) is 60.7 Å². The van der Waals surface area contributed by atoms with Crippen molar-refractivity contribution in [3.63, 3.8) is 0 Å². The van der Waals surface area contributed by atoms with E-state index in [1.165, 1.54) is 0 Å². The smallest absolute Gasteiger partial charge is 0.410 e. The maximum Gasteiger partial charge on any atom is 0.415 e. The van der Waals surface area contributed by atoms with Gasteiger partial charge < -0.3 is 14.5 Å². The molecule has 0 aromatic heterocycles. The zero-order chi connectivity index (χ0) is 18.6. The normalized spacial score (nSPS) is 14.8. The minimum absolute atomic E-state index is 0.0831. The van der Waals surface area contributed by atoms with Crippen molar-refractivity contribution < 1.29 is 14.3 Å². The van der Waals surface area contributed by atoms with Gasteiger partial charge in [0.05, 0.1) is 5.41 Å². The number of amides is 2. The third-order valence-corrected chi connectivity index (χ3v) is 4.80. The molecule has 0 aliphatic carbocycles. The number of para-hydroxylation sites is 1. The summed E-state index contributed by atoms with van der Waals surface area (Å²) in [4.78, 5) is 28.7. The second-order valence-electron chi connectivity index (χ2n) is 6.95. The zero-order valence-electron chi connectivity index (χ0n) is 15.2. The Hall–Kier alpha value is -2.82. The fourth-order valence-corrected chi connectivity index (χ4v) is 3.12. The van der Waals surface area contributed by atoms with E-state index < -0.39 is 5.41 Å². The first-order valence-electron chi connectivity index (χ1n) is 8.85. The van der Waals surface area contributed by atoms with Crippen LogP contribution in [-0.2, 0) is 10.2 Å². The van der Waals surface area contributed by atoms with Gasteiger partial charge in [0.15, 0.2) is 0 Å². The molecule has 0 unspecified atom stereocenters. The summed E-state index contributed by atoms with van der Waals surface area (Å²) in [6.45, 7) is 5.87. The molecule has 1 aliphatic rings. The largest absolute Gasteiger partial charge is 0.415 e. The van der Waals surface area contributed by atoms with Crippen molar-refractivity contribution in [2.24, 2.45) is 0 Å². The van der Waals surface area contributed by atoms with E-state index in [4.69, 9.17) is 4.74 Å². The molecule has 0 bridgehead atoms. The number of nitrogens with zero attached hydrogens (tertiary/aromatic N) is 2. The Kier molecular flexibility index (Phi) is 5.26. The molecule has 1 heterocycles.